The number of aromatic nitrogens is 4. The van der Waals surface area contributed by atoms with Crippen LogP contribution < -0.4 is 16.2 Å². The van der Waals surface area contributed by atoms with Gasteiger partial charge in [0.05, 0.1) is 24.8 Å². The molecule has 0 fully saturated rings. The van der Waals surface area contributed by atoms with E-state index in [1.165, 1.54) is 29.0 Å². The Morgan fingerprint density at radius 2 is 2.05 bits per heavy atom. The van der Waals surface area contributed by atoms with Crippen molar-refractivity contribution in [2.24, 2.45) is 0 Å². The zero-order valence-electron chi connectivity index (χ0n) is 21.1. The fourth-order valence-electron chi connectivity index (χ4n) is 3.50. The molecule has 12 nitrogen and oxygen atoms in total. The second-order valence-electron chi connectivity index (χ2n) is 8.37. The Kier molecular flexibility index (Phi) is 10.6. The molecule has 15 heteroatoms. The summed E-state index contributed by atoms with van der Waals surface area (Å²) in [6.45, 7) is 3.11. The largest absolute Gasteiger partial charge is 0.481 e. The van der Waals surface area contributed by atoms with E-state index in [0.29, 0.717) is 23.5 Å². The molecule has 0 aliphatic heterocycles. The molecule has 1 atom stereocenters. The fraction of sp³-hybridized carbons (Fsp3) is 0.375. The summed E-state index contributed by atoms with van der Waals surface area (Å²) in [5, 5.41) is 22.1. The predicted octanol–water partition coefficient (Wildman–Crippen LogP) is 2.36. The van der Waals surface area contributed by atoms with Gasteiger partial charge < -0.3 is 15.7 Å². The Morgan fingerprint density at radius 1 is 1.28 bits per heavy atom. The molecule has 0 aliphatic carbocycles. The van der Waals surface area contributed by atoms with Gasteiger partial charge in [0.1, 0.15) is 23.7 Å². The number of aryl methyl sites for hydroxylation is 2. The summed E-state index contributed by atoms with van der Waals surface area (Å²) in [6.07, 6.45) is 1.17. The summed E-state index contributed by atoms with van der Waals surface area (Å²) >= 11 is 7.04. The van der Waals surface area contributed by atoms with Gasteiger partial charge in [-0.2, -0.15) is 0 Å². The van der Waals surface area contributed by atoms with E-state index >= 15 is 0 Å². The lowest BCUT2D eigenvalue weighted by Crippen LogP contribution is -2.45. The normalized spacial score (nSPS) is 11.7. The van der Waals surface area contributed by atoms with E-state index in [-0.39, 0.29) is 34.5 Å². The third-order valence-electron chi connectivity index (χ3n) is 5.63. The van der Waals surface area contributed by atoms with E-state index in [1.54, 1.807) is 13.8 Å². The highest BCUT2D eigenvalue weighted by Gasteiger charge is 2.25. The second-order valence-corrected chi connectivity index (χ2v) is 9.76. The Morgan fingerprint density at radius 3 is 2.69 bits per heavy atom. The standard InChI is InChI=1S/C24H26ClFN6O6S/c1-3-14-8-27-23(28-9-19-13(2)30-38-31-19)24(37)32(14)10-21(34)29-18(7-22(35)36)20(33)12-39-11-15-16(25)5-4-6-17(15)26/h4-6,8,18H,3,7,9-12H2,1-2H3,(H,27,28)(H,29,34)(H,35,36). The smallest absolute Gasteiger partial charge is 0.305 e. The number of benzene rings is 1. The van der Waals surface area contributed by atoms with Crippen molar-refractivity contribution in [3.63, 3.8) is 0 Å². The Bertz CT molecular complexity index is 1390. The maximum atomic E-state index is 14.0. The Balaban J connectivity index is 1.68. The lowest BCUT2D eigenvalue weighted by atomic mass is 10.1. The number of carbonyl (C=O) groups excluding carboxylic acids is 2. The molecule has 3 N–H and O–H groups in total. The van der Waals surface area contributed by atoms with Crippen LogP contribution in [0, 0.1) is 12.7 Å². The monoisotopic (exact) mass is 580 g/mol. The highest BCUT2D eigenvalue weighted by atomic mass is 35.5. The second kappa shape index (κ2) is 13.8. The minimum atomic E-state index is -1.35. The molecule has 208 valence electrons. The quantitative estimate of drug-likeness (QED) is 0.256. The average Bonchev–Trinajstić information content (AvgIpc) is 3.30. The van der Waals surface area contributed by atoms with Gasteiger partial charge in [-0.15, -0.1) is 11.8 Å². The number of carboxylic acid groups (broad SMARTS) is 1. The van der Waals surface area contributed by atoms with Crippen molar-refractivity contribution in [2.45, 2.75) is 51.6 Å². The fourth-order valence-corrected chi connectivity index (χ4v) is 4.82. The van der Waals surface area contributed by atoms with E-state index in [9.17, 15) is 28.7 Å². The summed E-state index contributed by atoms with van der Waals surface area (Å²) in [5.74, 6) is -3.27. The summed E-state index contributed by atoms with van der Waals surface area (Å²) in [4.78, 5) is 54.2. The maximum Gasteiger partial charge on any atom is 0.305 e. The van der Waals surface area contributed by atoms with Crippen molar-refractivity contribution in [3.8, 4) is 0 Å². The number of Topliss-reactive ketones (excluding diaryl/α,β-unsaturated/α-hetero) is 1. The van der Waals surface area contributed by atoms with Crippen LogP contribution in [0.1, 0.15) is 36.0 Å². The number of amides is 1. The molecule has 2 aromatic heterocycles. The van der Waals surface area contributed by atoms with E-state index < -0.39 is 48.0 Å². The molecule has 3 rings (SSSR count). The summed E-state index contributed by atoms with van der Waals surface area (Å²) in [6, 6.07) is 2.88. The van der Waals surface area contributed by atoms with Crippen LogP contribution in [-0.4, -0.2) is 54.4 Å². The van der Waals surface area contributed by atoms with Gasteiger partial charge in [-0.05, 0) is 25.5 Å². The van der Waals surface area contributed by atoms with Gasteiger partial charge in [0.15, 0.2) is 11.6 Å². The summed E-state index contributed by atoms with van der Waals surface area (Å²) < 4.78 is 19.8. The highest BCUT2D eigenvalue weighted by molar-refractivity contribution is 7.99. The van der Waals surface area contributed by atoms with Gasteiger partial charge in [0.25, 0.3) is 5.56 Å². The van der Waals surface area contributed by atoms with Gasteiger partial charge in [-0.1, -0.05) is 34.9 Å². The maximum absolute atomic E-state index is 14.0. The van der Waals surface area contributed by atoms with Gasteiger partial charge in [-0.25, -0.2) is 14.0 Å². The number of ketones is 1. The van der Waals surface area contributed by atoms with Crippen molar-refractivity contribution in [2.75, 3.05) is 11.1 Å². The van der Waals surface area contributed by atoms with Crippen LogP contribution in [0.15, 0.2) is 33.8 Å². The lowest BCUT2D eigenvalue weighted by molar-refractivity contribution is -0.139. The molecular weight excluding hydrogens is 555 g/mol. The van der Waals surface area contributed by atoms with Crippen LogP contribution in [0.3, 0.4) is 0 Å². The van der Waals surface area contributed by atoms with Crippen LogP contribution in [0.25, 0.3) is 0 Å². The van der Waals surface area contributed by atoms with E-state index in [0.717, 1.165) is 11.8 Å². The summed E-state index contributed by atoms with van der Waals surface area (Å²) in [5.41, 5.74) is 1.11. The van der Waals surface area contributed by atoms with Crippen molar-refractivity contribution in [1.29, 1.82) is 0 Å². The number of halogens is 2. The number of nitrogens with one attached hydrogen (secondary N) is 2. The lowest BCUT2D eigenvalue weighted by Gasteiger charge is -2.18. The molecule has 0 aliphatic rings. The molecule has 3 aromatic rings. The molecular formula is C24H26ClFN6O6S. The number of aliphatic carboxylic acids is 1. The first-order chi connectivity index (χ1) is 18.6. The topological polar surface area (TPSA) is 169 Å². The number of carboxylic acids is 1. The minimum absolute atomic E-state index is 0.0382. The van der Waals surface area contributed by atoms with Crippen molar-refractivity contribution >= 4 is 46.8 Å². The minimum Gasteiger partial charge on any atom is -0.481 e. The van der Waals surface area contributed by atoms with Crippen molar-refractivity contribution < 1.29 is 28.5 Å². The first-order valence-corrected chi connectivity index (χ1v) is 13.3. The van der Waals surface area contributed by atoms with Gasteiger partial charge >= 0.3 is 5.97 Å². The molecule has 0 saturated carbocycles. The number of thioether (sulfide) groups is 1. The molecule has 0 bridgehead atoms. The SMILES string of the molecule is CCc1cnc(NCc2nonc2C)c(=O)n1CC(=O)NC(CC(=O)O)C(=O)CSCc1c(F)cccc1Cl. The first kappa shape index (κ1) is 29.8. The van der Waals surface area contributed by atoms with E-state index in [2.05, 4.69) is 30.6 Å². The highest BCUT2D eigenvalue weighted by Crippen LogP contribution is 2.24. The van der Waals surface area contributed by atoms with Gasteiger partial charge in [0.2, 0.25) is 5.91 Å². The molecule has 0 spiro atoms. The van der Waals surface area contributed by atoms with E-state index in [1.807, 2.05) is 0 Å². The van der Waals surface area contributed by atoms with Crippen LogP contribution in [0.4, 0.5) is 10.2 Å². The molecule has 1 aromatic carbocycles. The zero-order chi connectivity index (χ0) is 28.5. The number of anilines is 1. The van der Waals surface area contributed by atoms with Crippen molar-refractivity contribution in [1.82, 2.24) is 25.2 Å². The first-order valence-electron chi connectivity index (χ1n) is 11.8. The number of hydrogen-bond acceptors (Lipinski definition) is 10. The van der Waals surface area contributed by atoms with Gasteiger partial charge in [0, 0.05) is 28.2 Å². The Hall–Kier alpha value is -3.78. The molecule has 1 amide bonds. The average molecular weight is 581 g/mol. The van der Waals surface area contributed by atoms with Crippen molar-refractivity contribution in [3.05, 3.63) is 68.2 Å². The van der Waals surface area contributed by atoms with Crippen LogP contribution >= 0.6 is 23.4 Å². The number of carbonyl (C=O) groups is 3. The van der Waals surface area contributed by atoms with Crippen LogP contribution in [0.5, 0.6) is 0 Å². The molecule has 0 radical (unpaired) electrons. The number of hydrogen-bond donors (Lipinski definition) is 3. The number of rotatable bonds is 14. The molecule has 0 saturated heterocycles. The molecule has 39 heavy (non-hydrogen) atoms. The zero-order valence-corrected chi connectivity index (χ0v) is 22.6. The third kappa shape index (κ3) is 8.10. The molecule has 2 heterocycles. The Labute approximate surface area is 231 Å². The number of nitrogens with zero attached hydrogens (tertiary/aromatic N) is 4. The summed E-state index contributed by atoms with van der Waals surface area (Å²) in [7, 11) is 0. The van der Waals surface area contributed by atoms with Crippen LogP contribution in [0.2, 0.25) is 5.02 Å². The predicted molar refractivity (Wildman–Crippen MR) is 141 cm³/mol. The third-order valence-corrected chi connectivity index (χ3v) is 6.96. The van der Waals surface area contributed by atoms with Crippen LogP contribution in [-0.2, 0) is 39.6 Å². The molecule has 1 unspecified atom stereocenters. The van der Waals surface area contributed by atoms with Gasteiger partial charge in [-0.3, -0.25) is 23.7 Å². The van der Waals surface area contributed by atoms with E-state index in [4.69, 9.17) is 11.6 Å².